The Labute approximate surface area is 124 Å². The van der Waals surface area contributed by atoms with E-state index in [-0.39, 0.29) is 17.9 Å². The van der Waals surface area contributed by atoms with E-state index >= 15 is 0 Å². The molecule has 0 aliphatic carbocycles. The third-order valence-corrected chi connectivity index (χ3v) is 5.85. The van der Waals surface area contributed by atoms with Crippen molar-refractivity contribution < 1.29 is 9.53 Å². The quantitative estimate of drug-likeness (QED) is 0.701. The van der Waals surface area contributed by atoms with Gasteiger partial charge in [-0.3, -0.25) is 0 Å². The van der Waals surface area contributed by atoms with Crippen LogP contribution in [0.4, 0.5) is 0 Å². The summed E-state index contributed by atoms with van der Waals surface area (Å²) in [6.45, 7) is 10.6. The van der Waals surface area contributed by atoms with E-state index in [1.807, 2.05) is 18.2 Å². The third kappa shape index (κ3) is 4.03. The summed E-state index contributed by atoms with van der Waals surface area (Å²) >= 11 is 0. The molecule has 3 atom stereocenters. The summed E-state index contributed by atoms with van der Waals surface area (Å²) in [6.07, 6.45) is 0.806. The van der Waals surface area contributed by atoms with Crippen molar-refractivity contribution in [1.82, 2.24) is 0 Å². The van der Waals surface area contributed by atoms with Crippen molar-refractivity contribution in [2.75, 3.05) is 7.11 Å². The predicted molar refractivity (Wildman–Crippen MR) is 87.8 cm³/mol. The average Bonchev–Trinajstić information content (AvgIpc) is 2.43. The van der Waals surface area contributed by atoms with Crippen LogP contribution in [0, 0.1) is 5.92 Å². The first-order valence-electron chi connectivity index (χ1n) is 7.45. The summed E-state index contributed by atoms with van der Waals surface area (Å²) in [4.78, 5) is 12.7. The molecule has 2 nitrogen and oxygen atoms in total. The van der Waals surface area contributed by atoms with E-state index in [0.717, 1.165) is 6.42 Å². The summed E-state index contributed by atoms with van der Waals surface area (Å²) in [6, 6.07) is 10.3. The first-order chi connectivity index (χ1) is 9.32. The number of hydrogen-bond donors (Lipinski definition) is 0. The summed E-state index contributed by atoms with van der Waals surface area (Å²) in [5, 5.41) is 0.426. The Kier molecular flexibility index (Phi) is 6.15. The Balaban J connectivity index is 3.01. The van der Waals surface area contributed by atoms with Crippen LogP contribution in [0.3, 0.4) is 0 Å². The molecule has 0 N–H and O–H groups in total. The van der Waals surface area contributed by atoms with Gasteiger partial charge in [-0.1, -0.05) is 63.8 Å². The highest BCUT2D eigenvalue weighted by atomic mass is 28.3. The number of methoxy groups -OCH3 is 1. The van der Waals surface area contributed by atoms with Gasteiger partial charge in [0, 0.05) is 18.9 Å². The molecule has 0 bridgehead atoms. The molecular formula is C17H28O2Si. The topological polar surface area (TPSA) is 26.3 Å². The molecule has 0 saturated heterocycles. The lowest BCUT2D eigenvalue weighted by atomic mass is 9.86. The van der Waals surface area contributed by atoms with Crippen LogP contribution in [0.2, 0.25) is 19.6 Å². The zero-order chi connectivity index (χ0) is 15.3. The van der Waals surface area contributed by atoms with Gasteiger partial charge in [-0.25, -0.2) is 0 Å². The minimum absolute atomic E-state index is 0.00173. The van der Waals surface area contributed by atoms with E-state index in [0.29, 0.717) is 5.41 Å². The Morgan fingerprint density at radius 3 is 2.15 bits per heavy atom. The number of ether oxygens (including phenoxy) is 1. The van der Waals surface area contributed by atoms with Gasteiger partial charge in [0.25, 0.3) is 0 Å². The van der Waals surface area contributed by atoms with Gasteiger partial charge in [-0.2, -0.15) is 0 Å². The molecule has 0 aliphatic heterocycles. The molecule has 0 radical (unpaired) electrons. The molecular weight excluding hydrogens is 264 g/mol. The SMILES string of the molecule is CC[C@H](C(=O)[Si](C)(C)C)[C@H](OC)[C@@H](C)c1ccccc1. The highest BCUT2D eigenvalue weighted by Gasteiger charge is 2.37. The molecule has 0 unspecified atom stereocenters. The van der Waals surface area contributed by atoms with Crippen molar-refractivity contribution >= 4 is 13.5 Å². The van der Waals surface area contributed by atoms with Gasteiger partial charge in [0.15, 0.2) is 0 Å². The Morgan fingerprint density at radius 2 is 1.75 bits per heavy atom. The van der Waals surface area contributed by atoms with E-state index in [9.17, 15) is 4.79 Å². The van der Waals surface area contributed by atoms with Crippen LogP contribution in [-0.4, -0.2) is 26.7 Å². The first kappa shape index (κ1) is 17.1. The fourth-order valence-corrected chi connectivity index (χ4v) is 4.27. The standard InChI is InChI=1S/C17H28O2Si/c1-7-15(17(18)20(4,5)6)16(19-3)13(2)14-11-9-8-10-12-14/h8-13,15-16H,7H2,1-6H3/t13-,15-,16+/m0/s1. The van der Waals surface area contributed by atoms with Crippen LogP contribution >= 0.6 is 0 Å². The van der Waals surface area contributed by atoms with Crippen LogP contribution in [0.5, 0.6) is 0 Å². The third-order valence-electron chi connectivity index (χ3n) is 4.00. The van der Waals surface area contributed by atoms with Gasteiger partial charge >= 0.3 is 0 Å². The Morgan fingerprint density at radius 1 is 1.20 bits per heavy atom. The van der Waals surface area contributed by atoms with Gasteiger partial charge in [-0.15, -0.1) is 0 Å². The number of hydrogen-bond acceptors (Lipinski definition) is 2. The number of carbonyl (C=O) groups excluding carboxylic acids is 1. The molecule has 0 heterocycles. The highest BCUT2D eigenvalue weighted by Crippen LogP contribution is 2.30. The second-order valence-corrected chi connectivity index (χ2v) is 11.5. The van der Waals surface area contributed by atoms with Crippen molar-refractivity contribution in [2.24, 2.45) is 5.92 Å². The van der Waals surface area contributed by atoms with Crippen LogP contribution < -0.4 is 0 Å². The monoisotopic (exact) mass is 292 g/mol. The van der Waals surface area contributed by atoms with E-state index in [2.05, 4.69) is 45.6 Å². The smallest absolute Gasteiger partial charge is 0.124 e. The summed E-state index contributed by atoms with van der Waals surface area (Å²) < 4.78 is 5.74. The van der Waals surface area contributed by atoms with Crippen molar-refractivity contribution in [3.63, 3.8) is 0 Å². The fourth-order valence-electron chi connectivity index (χ4n) is 2.79. The predicted octanol–water partition coefficient (Wildman–Crippen LogP) is 4.28. The van der Waals surface area contributed by atoms with Crippen LogP contribution in [0.25, 0.3) is 0 Å². The summed E-state index contributed by atoms with van der Waals surface area (Å²) in [5.41, 5.74) is 1.24. The van der Waals surface area contributed by atoms with Gasteiger partial charge in [0.2, 0.25) is 0 Å². The molecule has 1 aromatic carbocycles. The van der Waals surface area contributed by atoms with Crippen LogP contribution in [0.15, 0.2) is 30.3 Å². The number of rotatable bonds is 7. The molecule has 20 heavy (non-hydrogen) atoms. The zero-order valence-electron chi connectivity index (χ0n) is 13.6. The lowest BCUT2D eigenvalue weighted by Crippen LogP contribution is -2.45. The van der Waals surface area contributed by atoms with Crippen molar-refractivity contribution in [2.45, 2.75) is 51.9 Å². The van der Waals surface area contributed by atoms with Gasteiger partial charge in [-0.05, 0) is 12.0 Å². The first-order valence-corrected chi connectivity index (χ1v) is 10.9. The van der Waals surface area contributed by atoms with E-state index in [1.165, 1.54) is 5.56 Å². The number of carbonyl (C=O) groups is 1. The van der Waals surface area contributed by atoms with Crippen molar-refractivity contribution in [1.29, 1.82) is 0 Å². The minimum Gasteiger partial charge on any atom is -0.380 e. The Hall–Kier alpha value is -0.933. The summed E-state index contributed by atoms with van der Waals surface area (Å²) in [7, 11) is -0.0630. The normalized spacial score (nSPS) is 16.5. The van der Waals surface area contributed by atoms with Crippen LogP contribution in [-0.2, 0) is 9.53 Å². The second kappa shape index (κ2) is 7.18. The van der Waals surface area contributed by atoms with Gasteiger partial charge in [0.05, 0.1) is 6.10 Å². The van der Waals surface area contributed by atoms with E-state index in [1.54, 1.807) is 7.11 Å². The highest BCUT2D eigenvalue weighted by molar-refractivity contribution is 7.03. The zero-order valence-corrected chi connectivity index (χ0v) is 14.6. The maximum Gasteiger partial charge on any atom is 0.124 e. The summed E-state index contributed by atoms with van der Waals surface area (Å²) in [5.74, 6) is 0.230. The van der Waals surface area contributed by atoms with E-state index in [4.69, 9.17) is 4.74 Å². The molecule has 112 valence electrons. The molecule has 0 aromatic heterocycles. The maximum absolute atomic E-state index is 12.7. The fraction of sp³-hybridized carbons (Fsp3) is 0.588. The number of benzene rings is 1. The molecule has 0 saturated carbocycles. The maximum atomic E-state index is 12.7. The lowest BCUT2D eigenvalue weighted by molar-refractivity contribution is -0.121. The molecule has 3 heteroatoms. The molecule has 0 aliphatic rings. The van der Waals surface area contributed by atoms with Crippen LogP contribution in [0.1, 0.15) is 31.7 Å². The molecule has 1 aromatic rings. The minimum atomic E-state index is -1.79. The molecule has 0 spiro atoms. The van der Waals surface area contributed by atoms with Crippen molar-refractivity contribution in [3.05, 3.63) is 35.9 Å². The molecule has 1 rings (SSSR count). The van der Waals surface area contributed by atoms with Gasteiger partial charge < -0.3 is 9.53 Å². The largest absolute Gasteiger partial charge is 0.380 e. The molecule has 0 amide bonds. The van der Waals surface area contributed by atoms with Crippen molar-refractivity contribution in [3.8, 4) is 0 Å². The second-order valence-electron chi connectivity index (χ2n) is 6.53. The Bertz CT molecular complexity index is 422. The lowest BCUT2D eigenvalue weighted by Gasteiger charge is -2.32. The van der Waals surface area contributed by atoms with E-state index < -0.39 is 8.07 Å². The van der Waals surface area contributed by atoms with Gasteiger partial charge in [0.1, 0.15) is 13.5 Å². The molecule has 0 fully saturated rings. The average molecular weight is 292 g/mol.